The van der Waals surface area contributed by atoms with Crippen molar-refractivity contribution in [2.45, 2.75) is 26.8 Å². The van der Waals surface area contributed by atoms with Crippen LogP contribution in [0.2, 0.25) is 0 Å². The Balaban J connectivity index is 1.73. The molecule has 3 rings (SSSR count). The highest BCUT2D eigenvalue weighted by Crippen LogP contribution is 2.18. The van der Waals surface area contributed by atoms with Gasteiger partial charge in [0, 0.05) is 17.4 Å². The van der Waals surface area contributed by atoms with Gasteiger partial charge >= 0.3 is 0 Å². The molecule has 0 spiro atoms. The van der Waals surface area contributed by atoms with E-state index in [0.717, 1.165) is 22.4 Å². The number of aromatic nitrogens is 1. The van der Waals surface area contributed by atoms with Gasteiger partial charge in [0.1, 0.15) is 5.69 Å². The first kappa shape index (κ1) is 19.3. The van der Waals surface area contributed by atoms with Crippen LogP contribution in [-0.4, -0.2) is 16.8 Å². The number of anilines is 1. The first-order chi connectivity index (χ1) is 13.4. The number of amides is 2. The van der Waals surface area contributed by atoms with Gasteiger partial charge in [-0.1, -0.05) is 42.5 Å². The maximum atomic E-state index is 12.6. The molecule has 5 nitrogen and oxygen atoms in total. The smallest absolute Gasteiger partial charge is 0.270 e. The van der Waals surface area contributed by atoms with Gasteiger partial charge in [0.05, 0.1) is 6.04 Å². The second-order valence-electron chi connectivity index (χ2n) is 6.81. The van der Waals surface area contributed by atoms with Crippen molar-refractivity contribution in [1.82, 2.24) is 10.3 Å². The van der Waals surface area contributed by atoms with Crippen LogP contribution < -0.4 is 10.6 Å². The fourth-order valence-corrected chi connectivity index (χ4v) is 2.86. The summed E-state index contributed by atoms with van der Waals surface area (Å²) in [5, 5.41) is 5.81. The van der Waals surface area contributed by atoms with Crippen LogP contribution in [0.4, 0.5) is 5.69 Å². The minimum atomic E-state index is -0.322. The van der Waals surface area contributed by atoms with Crippen molar-refractivity contribution in [3.05, 3.63) is 94.8 Å². The van der Waals surface area contributed by atoms with Crippen molar-refractivity contribution in [2.75, 3.05) is 5.32 Å². The van der Waals surface area contributed by atoms with E-state index in [9.17, 15) is 9.59 Å². The molecule has 28 heavy (non-hydrogen) atoms. The average Bonchev–Trinajstić information content (AvgIpc) is 2.71. The summed E-state index contributed by atoms with van der Waals surface area (Å²) < 4.78 is 0. The number of aryl methyl sites for hydroxylation is 2. The molecule has 0 saturated carbocycles. The van der Waals surface area contributed by atoms with Gasteiger partial charge in [-0.05, 0) is 55.7 Å². The Morgan fingerprint density at radius 3 is 2.43 bits per heavy atom. The molecule has 0 aliphatic rings. The van der Waals surface area contributed by atoms with E-state index in [0.29, 0.717) is 5.56 Å². The predicted molar refractivity (Wildman–Crippen MR) is 110 cm³/mol. The molecule has 0 fully saturated rings. The van der Waals surface area contributed by atoms with Gasteiger partial charge in [-0.15, -0.1) is 0 Å². The zero-order valence-electron chi connectivity index (χ0n) is 16.2. The first-order valence-electron chi connectivity index (χ1n) is 9.14. The maximum Gasteiger partial charge on any atom is 0.270 e. The molecule has 1 heterocycles. The lowest BCUT2D eigenvalue weighted by Gasteiger charge is -2.14. The Hall–Kier alpha value is -3.47. The highest BCUT2D eigenvalue weighted by Gasteiger charge is 2.15. The van der Waals surface area contributed by atoms with E-state index in [2.05, 4.69) is 15.6 Å². The highest BCUT2D eigenvalue weighted by molar-refractivity contribution is 6.06. The summed E-state index contributed by atoms with van der Waals surface area (Å²) in [5.74, 6) is -0.598. The quantitative estimate of drug-likeness (QED) is 0.694. The number of carbonyl (C=O) groups is 2. The van der Waals surface area contributed by atoms with Crippen LogP contribution in [0.5, 0.6) is 0 Å². The van der Waals surface area contributed by atoms with E-state index in [-0.39, 0.29) is 23.6 Å². The van der Waals surface area contributed by atoms with Gasteiger partial charge in [0.15, 0.2) is 0 Å². The van der Waals surface area contributed by atoms with E-state index in [1.165, 1.54) is 12.3 Å². The average molecular weight is 373 g/mol. The number of nitrogens with zero attached hydrogens (tertiary/aromatic N) is 1. The van der Waals surface area contributed by atoms with Crippen molar-refractivity contribution in [2.24, 2.45) is 0 Å². The number of hydrogen-bond acceptors (Lipinski definition) is 3. The molecule has 5 heteroatoms. The summed E-state index contributed by atoms with van der Waals surface area (Å²) in [5.41, 5.74) is 4.38. The summed E-state index contributed by atoms with van der Waals surface area (Å²) in [6.07, 6.45) is 1.47. The van der Waals surface area contributed by atoms with Crippen molar-refractivity contribution >= 4 is 17.5 Å². The van der Waals surface area contributed by atoms with Crippen LogP contribution in [0.15, 0.2) is 66.9 Å². The Bertz CT molecular complexity index is 1000. The second-order valence-corrected chi connectivity index (χ2v) is 6.81. The fraction of sp³-hybridized carbons (Fsp3) is 0.174. The lowest BCUT2D eigenvalue weighted by molar-refractivity contribution is 0.0935. The highest BCUT2D eigenvalue weighted by atomic mass is 16.2. The standard InChI is InChI=1S/C23H23N3O2/c1-15-9-10-16(2)20(13-15)26-22(27)19-11-12-24-21(14-19)23(28)25-17(3)18-7-5-4-6-8-18/h4-14,17H,1-3H3,(H,25,28)(H,26,27). The Labute approximate surface area is 164 Å². The third kappa shape index (κ3) is 4.62. The number of pyridine rings is 1. The molecule has 0 aliphatic heterocycles. The number of nitrogens with one attached hydrogen (secondary N) is 2. The van der Waals surface area contributed by atoms with Gasteiger partial charge in [-0.25, -0.2) is 0 Å². The molecule has 0 aliphatic carbocycles. The topological polar surface area (TPSA) is 71.1 Å². The zero-order valence-corrected chi connectivity index (χ0v) is 16.2. The van der Waals surface area contributed by atoms with Gasteiger partial charge in [-0.2, -0.15) is 0 Å². The Morgan fingerprint density at radius 1 is 0.929 bits per heavy atom. The Kier molecular flexibility index (Phi) is 5.84. The van der Waals surface area contributed by atoms with E-state index in [1.54, 1.807) is 6.07 Å². The number of benzene rings is 2. The normalized spacial score (nSPS) is 11.5. The van der Waals surface area contributed by atoms with Crippen LogP contribution in [0.25, 0.3) is 0 Å². The molecule has 0 bridgehead atoms. The summed E-state index contributed by atoms with van der Waals surface area (Å²) in [4.78, 5) is 29.3. The van der Waals surface area contributed by atoms with Crippen LogP contribution in [-0.2, 0) is 0 Å². The monoisotopic (exact) mass is 373 g/mol. The SMILES string of the molecule is Cc1ccc(C)c(NC(=O)c2ccnc(C(=O)NC(C)c3ccccc3)c2)c1. The van der Waals surface area contributed by atoms with Crippen LogP contribution >= 0.6 is 0 Å². The first-order valence-corrected chi connectivity index (χ1v) is 9.14. The van der Waals surface area contributed by atoms with Crippen molar-refractivity contribution in [3.63, 3.8) is 0 Å². The molecule has 2 N–H and O–H groups in total. The molecule has 1 atom stereocenters. The lowest BCUT2D eigenvalue weighted by Crippen LogP contribution is -2.27. The summed E-state index contributed by atoms with van der Waals surface area (Å²) in [6, 6.07) is 18.5. The summed E-state index contributed by atoms with van der Waals surface area (Å²) >= 11 is 0. The third-order valence-electron chi connectivity index (χ3n) is 4.54. The third-order valence-corrected chi connectivity index (χ3v) is 4.54. The molecule has 0 saturated heterocycles. The molecule has 1 unspecified atom stereocenters. The van der Waals surface area contributed by atoms with Crippen molar-refractivity contribution in [1.29, 1.82) is 0 Å². The van der Waals surface area contributed by atoms with E-state index >= 15 is 0 Å². The van der Waals surface area contributed by atoms with E-state index in [4.69, 9.17) is 0 Å². The van der Waals surface area contributed by atoms with Gasteiger partial charge in [0.25, 0.3) is 11.8 Å². The summed E-state index contributed by atoms with van der Waals surface area (Å²) in [6.45, 7) is 5.81. The number of rotatable bonds is 5. The van der Waals surface area contributed by atoms with Crippen molar-refractivity contribution < 1.29 is 9.59 Å². The van der Waals surface area contributed by atoms with Crippen molar-refractivity contribution in [3.8, 4) is 0 Å². The molecule has 2 aromatic carbocycles. The fourth-order valence-electron chi connectivity index (χ4n) is 2.86. The minimum absolute atomic E-state index is 0.164. The largest absolute Gasteiger partial charge is 0.344 e. The van der Waals surface area contributed by atoms with Gasteiger partial charge in [0.2, 0.25) is 0 Å². The van der Waals surface area contributed by atoms with E-state index < -0.39 is 0 Å². The van der Waals surface area contributed by atoms with Crippen LogP contribution in [0.1, 0.15) is 50.5 Å². The molecule has 142 valence electrons. The van der Waals surface area contributed by atoms with E-state index in [1.807, 2.05) is 69.3 Å². The van der Waals surface area contributed by atoms with Gasteiger partial charge in [-0.3, -0.25) is 14.6 Å². The predicted octanol–water partition coefficient (Wildman–Crippen LogP) is 4.44. The number of hydrogen-bond donors (Lipinski definition) is 2. The maximum absolute atomic E-state index is 12.6. The molecule has 3 aromatic rings. The number of carbonyl (C=O) groups excluding carboxylic acids is 2. The Morgan fingerprint density at radius 2 is 1.68 bits per heavy atom. The van der Waals surface area contributed by atoms with Crippen LogP contribution in [0, 0.1) is 13.8 Å². The molecular formula is C23H23N3O2. The lowest BCUT2D eigenvalue weighted by atomic mass is 10.1. The molecular weight excluding hydrogens is 350 g/mol. The minimum Gasteiger partial charge on any atom is -0.344 e. The van der Waals surface area contributed by atoms with Gasteiger partial charge < -0.3 is 10.6 Å². The molecule has 0 radical (unpaired) electrons. The second kappa shape index (κ2) is 8.48. The molecule has 2 amide bonds. The molecule has 1 aromatic heterocycles. The zero-order chi connectivity index (χ0) is 20.1. The summed E-state index contributed by atoms with van der Waals surface area (Å²) in [7, 11) is 0. The van der Waals surface area contributed by atoms with Crippen LogP contribution in [0.3, 0.4) is 0 Å².